The van der Waals surface area contributed by atoms with Crippen LogP contribution in [-0.2, 0) is 16.1 Å². The molecule has 1 aromatic heterocycles. The summed E-state index contributed by atoms with van der Waals surface area (Å²) in [6.07, 6.45) is -3.66. The van der Waals surface area contributed by atoms with Gasteiger partial charge < -0.3 is 15.5 Å². The molecule has 170 valence electrons. The maximum atomic E-state index is 14.7. The number of nitrogens with zero attached hydrogens (tertiary/aromatic N) is 1. The van der Waals surface area contributed by atoms with Gasteiger partial charge in [0.2, 0.25) is 0 Å². The van der Waals surface area contributed by atoms with E-state index in [1.54, 1.807) is 0 Å². The van der Waals surface area contributed by atoms with E-state index in [2.05, 4.69) is 15.5 Å². The van der Waals surface area contributed by atoms with Gasteiger partial charge in [-0.25, -0.2) is 9.18 Å². The van der Waals surface area contributed by atoms with Gasteiger partial charge in [-0.1, -0.05) is 30.3 Å². The van der Waals surface area contributed by atoms with Crippen LogP contribution in [0.5, 0.6) is 0 Å². The summed E-state index contributed by atoms with van der Waals surface area (Å²) in [6, 6.07) is 11.8. The molecule has 1 saturated carbocycles. The number of aromatic nitrogens is 2. The van der Waals surface area contributed by atoms with Crippen molar-refractivity contribution in [1.29, 1.82) is 0 Å². The molecule has 1 aliphatic carbocycles. The monoisotopic (exact) mass is 445 g/mol. The zero-order chi connectivity index (χ0) is 23.1. The van der Waals surface area contributed by atoms with E-state index in [9.17, 15) is 22.4 Å². The lowest BCUT2D eigenvalue weighted by Gasteiger charge is -2.32. The minimum absolute atomic E-state index is 0.235. The Morgan fingerprint density at radius 3 is 2.26 bits per heavy atom. The average molecular weight is 445 g/mol. The predicted octanol–water partition coefficient (Wildman–Crippen LogP) is 3.78. The van der Waals surface area contributed by atoms with E-state index in [-0.39, 0.29) is 6.54 Å². The number of H-pyrrole nitrogens is 1. The maximum Gasteiger partial charge on any atom is 0.490 e. The van der Waals surface area contributed by atoms with Crippen LogP contribution in [-0.4, -0.2) is 50.7 Å². The van der Waals surface area contributed by atoms with Crippen molar-refractivity contribution >= 4 is 11.9 Å². The highest BCUT2D eigenvalue weighted by Gasteiger charge is 2.38. The number of halogens is 4. The standard InChI is InChI=1S/C18H22FN3O2.C2HF3O2/c19-18(8-6-14(7-9-18)17(23)24)12-20-11-15-10-16(22-21-15)13-4-2-1-3-5-13;3-2(4,5)1(6)7/h1-5,10,14,20H,6-9,11-12H2,(H,21,22)(H,23,24);(H,6,7). The van der Waals surface area contributed by atoms with E-state index in [4.69, 9.17) is 15.0 Å². The minimum Gasteiger partial charge on any atom is -0.481 e. The van der Waals surface area contributed by atoms with E-state index in [0.717, 1.165) is 17.0 Å². The smallest absolute Gasteiger partial charge is 0.481 e. The first-order chi connectivity index (χ1) is 14.5. The summed E-state index contributed by atoms with van der Waals surface area (Å²) in [5.74, 6) is -3.96. The number of nitrogens with one attached hydrogen (secondary N) is 2. The lowest BCUT2D eigenvalue weighted by molar-refractivity contribution is -0.192. The van der Waals surface area contributed by atoms with Crippen molar-refractivity contribution < 1.29 is 37.4 Å². The molecule has 31 heavy (non-hydrogen) atoms. The summed E-state index contributed by atoms with van der Waals surface area (Å²) < 4.78 is 46.4. The van der Waals surface area contributed by atoms with Crippen LogP contribution in [0.3, 0.4) is 0 Å². The summed E-state index contributed by atoms with van der Waals surface area (Å²) >= 11 is 0. The molecule has 0 saturated heterocycles. The molecule has 11 heteroatoms. The van der Waals surface area contributed by atoms with Gasteiger partial charge in [-0.2, -0.15) is 18.3 Å². The van der Waals surface area contributed by atoms with E-state index in [0.29, 0.717) is 32.2 Å². The highest BCUT2D eigenvalue weighted by Crippen LogP contribution is 2.34. The molecule has 1 aromatic carbocycles. The SMILES string of the molecule is O=C(O)C(F)(F)F.O=C(O)C1CCC(F)(CNCc2cc(-c3ccccc3)n[nH]2)CC1. The Kier molecular flexibility index (Phi) is 8.14. The van der Waals surface area contributed by atoms with E-state index in [1.807, 2.05) is 36.4 Å². The van der Waals surface area contributed by atoms with Crippen LogP contribution in [0.25, 0.3) is 11.3 Å². The second-order valence-corrected chi connectivity index (χ2v) is 7.31. The molecule has 0 atom stereocenters. The first-order valence-electron chi connectivity index (χ1n) is 9.52. The third kappa shape index (κ3) is 7.67. The van der Waals surface area contributed by atoms with Crippen LogP contribution >= 0.6 is 0 Å². The van der Waals surface area contributed by atoms with Gasteiger partial charge in [0.05, 0.1) is 11.6 Å². The zero-order valence-electron chi connectivity index (χ0n) is 16.5. The van der Waals surface area contributed by atoms with Crippen molar-refractivity contribution in [2.45, 2.75) is 44.1 Å². The van der Waals surface area contributed by atoms with E-state index in [1.165, 1.54) is 0 Å². The van der Waals surface area contributed by atoms with Gasteiger partial charge in [0.25, 0.3) is 0 Å². The molecule has 0 spiro atoms. The Hall–Kier alpha value is -2.95. The number of hydrogen-bond acceptors (Lipinski definition) is 4. The number of hydrogen-bond donors (Lipinski definition) is 4. The van der Waals surface area contributed by atoms with Crippen LogP contribution in [0, 0.1) is 5.92 Å². The molecule has 0 unspecified atom stereocenters. The van der Waals surface area contributed by atoms with E-state index < -0.39 is 29.7 Å². The molecule has 0 radical (unpaired) electrons. The maximum absolute atomic E-state index is 14.7. The van der Waals surface area contributed by atoms with Crippen LogP contribution < -0.4 is 5.32 Å². The van der Waals surface area contributed by atoms with Crippen molar-refractivity contribution in [2.24, 2.45) is 5.92 Å². The van der Waals surface area contributed by atoms with Crippen molar-refractivity contribution in [3.63, 3.8) is 0 Å². The quantitative estimate of drug-likeness (QED) is 0.503. The fraction of sp³-hybridized carbons (Fsp3) is 0.450. The highest BCUT2D eigenvalue weighted by molar-refractivity contribution is 5.73. The fourth-order valence-corrected chi connectivity index (χ4v) is 3.19. The number of carboxylic acids is 2. The molecule has 7 nitrogen and oxygen atoms in total. The first-order valence-corrected chi connectivity index (χ1v) is 9.52. The van der Waals surface area contributed by atoms with Gasteiger partial charge in [-0.05, 0) is 31.7 Å². The largest absolute Gasteiger partial charge is 0.490 e. The Morgan fingerprint density at radius 1 is 1.16 bits per heavy atom. The van der Waals surface area contributed by atoms with Gasteiger partial charge in [0.1, 0.15) is 5.67 Å². The Morgan fingerprint density at radius 2 is 1.74 bits per heavy atom. The molecular formula is C20H23F4N3O4. The molecule has 0 aliphatic heterocycles. The number of benzene rings is 1. The van der Waals surface area contributed by atoms with Crippen molar-refractivity contribution in [3.8, 4) is 11.3 Å². The summed E-state index contributed by atoms with van der Waals surface area (Å²) in [7, 11) is 0. The van der Waals surface area contributed by atoms with Crippen molar-refractivity contribution in [2.75, 3.05) is 6.54 Å². The average Bonchev–Trinajstić information content (AvgIpc) is 3.17. The molecule has 2 aromatic rings. The molecule has 1 heterocycles. The fourth-order valence-electron chi connectivity index (χ4n) is 3.19. The normalized spacial score (nSPS) is 21.1. The number of carboxylic acid groups (broad SMARTS) is 2. The van der Waals surface area contributed by atoms with Crippen LogP contribution in [0.4, 0.5) is 17.6 Å². The third-order valence-corrected chi connectivity index (χ3v) is 4.93. The minimum atomic E-state index is -5.08. The summed E-state index contributed by atoms with van der Waals surface area (Å²) in [5.41, 5.74) is 1.49. The Bertz CT molecular complexity index is 863. The lowest BCUT2D eigenvalue weighted by atomic mass is 9.80. The zero-order valence-corrected chi connectivity index (χ0v) is 16.5. The molecule has 3 rings (SSSR count). The molecule has 1 fully saturated rings. The number of carbonyl (C=O) groups is 2. The number of aromatic amines is 1. The highest BCUT2D eigenvalue weighted by atomic mass is 19.4. The van der Waals surface area contributed by atoms with E-state index >= 15 is 0 Å². The Labute approximate surface area is 175 Å². The topological polar surface area (TPSA) is 115 Å². The van der Waals surface area contributed by atoms with Gasteiger partial charge >= 0.3 is 18.1 Å². The molecule has 4 N–H and O–H groups in total. The van der Waals surface area contributed by atoms with Crippen LogP contribution in [0.1, 0.15) is 31.4 Å². The van der Waals surface area contributed by atoms with Gasteiger partial charge in [0.15, 0.2) is 0 Å². The molecule has 1 aliphatic rings. The first kappa shape index (κ1) is 24.3. The van der Waals surface area contributed by atoms with Gasteiger partial charge in [-0.3, -0.25) is 9.89 Å². The van der Waals surface area contributed by atoms with Crippen molar-refractivity contribution in [1.82, 2.24) is 15.5 Å². The lowest BCUT2D eigenvalue weighted by Crippen LogP contribution is -2.40. The number of rotatable bonds is 6. The summed E-state index contributed by atoms with van der Waals surface area (Å²) in [6.45, 7) is 0.743. The molecule has 0 bridgehead atoms. The number of alkyl halides is 4. The molecular weight excluding hydrogens is 422 g/mol. The van der Waals surface area contributed by atoms with Crippen molar-refractivity contribution in [3.05, 3.63) is 42.1 Å². The summed E-state index contributed by atoms with van der Waals surface area (Å²) in [4.78, 5) is 19.8. The third-order valence-electron chi connectivity index (χ3n) is 4.93. The Balaban J connectivity index is 0.000000423. The summed E-state index contributed by atoms with van der Waals surface area (Å²) in [5, 5.41) is 26.5. The molecule has 0 amide bonds. The second-order valence-electron chi connectivity index (χ2n) is 7.31. The number of aliphatic carboxylic acids is 2. The van der Waals surface area contributed by atoms with Gasteiger partial charge in [-0.15, -0.1) is 0 Å². The predicted molar refractivity (Wildman–Crippen MR) is 103 cm³/mol. The van der Waals surface area contributed by atoms with Crippen LogP contribution in [0.15, 0.2) is 36.4 Å². The van der Waals surface area contributed by atoms with Crippen LogP contribution in [0.2, 0.25) is 0 Å². The van der Waals surface area contributed by atoms with Gasteiger partial charge in [0, 0.05) is 24.3 Å². The second kappa shape index (κ2) is 10.4.